The zero-order chi connectivity index (χ0) is 18.1. The van der Waals surface area contributed by atoms with Crippen LogP contribution in [0.3, 0.4) is 0 Å². The molecule has 1 rings (SSSR count). The highest BCUT2D eigenvalue weighted by Gasteiger charge is 1.88. The number of carboxylic acid groups (broad SMARTS) is 4. The summed E-state index contributed by atoms with van der Waals surface area (Å²) < 4.78 is 0. The van der Waals surface area contributed by atoms with Crippen molar-refractivity contribution in [2.45, 2.75) is 0 Å². The Bertz CT molecular complexity index is 475. The number of allylic oxidation sites excluding steroid dienone is 4. The lowest BCUT2D eigenvalue weighted by Crippen LogP contribution is -1.91. The van der Waals surface area contributed by atoms with Crippen molar-refractivity contribution in [2.75, 3.05) is 0 Å². The minimum Gasteiger partial charge on any atom is -0.478 e. The molecule has 0 atom stereocenters. The molecule has 9 nitrogen and oxygen atoms in total. The lowest BCUT2D eigenvalue weighted by atomic mass is 10.5. The number of carbonyl (C=O) groups is 4. The first-order chi connectivity index (χ1) is 10.8. The average molecular weight is 325 g/mol. The smallest absolute Gasteiger partial charge is 0.328 e. The summed E-state index contributed by atoms with van der Waals surface area (Å²) in [6.45, 7) is 0. The first-order valence-electron chi connectivity index (χ1n) is 5.78. The second-order valence-electron chi connectivity index (χ2n) is 3.29. The van der Waals surface area contributed by atoms with Gasteiger partial charge in [0.1, 0.15) is 0 Å². The van der Waals surface area contributed by atoms with E-state index in [1.165, 1.54) is 0 Å². The molecule has 23 heavy (non-hydrogen) atoms. The summed E-state index contributed by atoms with van der Waals surface area (Å²) in [7, 11) is 0. The van der Waals surface area contributed by atoms with Crippen LogP contribution in [0.25, 0.3) is 0 Å². The van der Waals surface area contributed by atoms with E-state index in [1.807, 2.05) is 36.7 Å². The van der Waals surface area contributed by atoms with Crippen LogP contribution in [-0.2, 0) is 19.2 Å². The van der Waals surface area contributed by atoms with Gasteiger partial charge in [-0.1, -0.05) is 12.2 Å². The van der Waals surface area contributed by atoms with Crippen molar-refractivity contribution in [3.63, 3.8) is 0 Å². The minimum absolute atomic E-state index is 0.558. The maximum absolute atomic E-state index is 9.55. The molecule has 5 N–H and O–H groups in total. The number of nitrogens with one attached hydrogen (secondary N) is 1. The van der Waals surface area contributed by atoms with Gasteiger partial charge in [-0.25, -0.2) is 19.2 Å². The topological polar surface area (TPSA) is 161 Å². The van der Waals surface area contributed by atoms with Crippen LogP contribution in [0, 0.1) is 0 Å². The third-order valence-electron chi connectivity index (χ3n) is 1.46. The average Bonchev–Trinajstić information content (AvgIpc) is 2.77. The summed E-state index contributed by atoms with van der Waals surface area (Å²) in [4.78, 5) is 38.2. The SMILES string of the molecule is C1=CC=CNC=C1.O=C(O)/C=C\C(=O)O.O=C(O)/C=C\C(=O)O. The van der Waals surface area contributed by atoms with Crippen LogP contribution in [0.1, 0.15) is 0 Å². The third-order valence-corrected chi connectivity index (χ3v) is 1.46. The zero-order valence-corrected chi connectivity index (χ0v) is 11.7. The van der Waals surface area contributed by atoms with Crippen molar-refractivity contribution >= 4 is 23.9 Å². The van der Waals surface area contributed by atoms with Gasteiger partial charge in [-0.3, -0.25) is 0 Å². The summed E-state index contributed by atoms with van der Waals surface area (Å²) in [6, 6.07) is 0. The molecule has 0 amide bonds. The lowest BCUT2D eigenvalue weighted by molar-refractivity contribution is -0.134. The molecule has 0 radical (unpaired) electrons. The molecule has 0 aliphatic carbocycles. The molecule has 0 saturated heterocycles. The van der Waals surface area contributed by atoms with E-state index in [-0.39, 0.29) is 0 Å². The summed E-state index contributed by atoms with van der Waals surface area (Å²) in [6.07, 6.45) is 13.8. The molecule has 0 aromatic heterocycles. The van der Waals surface area contributed by atoms with E-state index >= 15 is 0 Å². The van der Waals surface area contributed by atoms with Gasteiger partial charge in [0.05, 0.1) is 0 Å². The van der Waals surface area contributed by atoms with Crippen LogP contribution in [0.2, 0.25) is 0 Å². The van der Waals surface area contributed by atoms with Crippen LogP contribution in [0.4, 0.5) is 0 Å². The highest BCUT2D eigenvalue weighted by molar-refractivity contribution is 5.90. The molecule has 1 heterocycles. The van der Waals surface area contributed by atoms with Gasteiger partial charge in [0, 0.05) is 36.7 Å². The van der Waals surface area contributed by atoms with Crippen molar-refractivity contribution in [3.8, 4) is 0 Å². The number of aliphatic carboxylic acids is 4. The molecule has 124 valence electrons. The van der Waals surface area contributed by atoms with Crippen molar-refractivity contribution < 1.29 is 39.6 Å². The molecule has 0 fully saturated rings. The Morgan fingerprint density at radius 1 is 0.565 bits per heavy atom. The van der Waals surface area contributed by atoms with Crippen molar-refractivity contribution in [1.82, 2.24) is 5.32 Å². The summed E-state index contributed by atoms with van der Waals surface area (Å²) in [5.41, 5.74) is 0. The monoisotopic (exact) mass is 325 g/mol. The van der Waals surface area contributed by atoms with Gasteiger partial charge < -0.3 is 25.7 Å². The van der Waals surface area contributed by atoms with Gasteiger partial charge >= 0.3 is 23.9 Å². The Hall–Kier alpha value is -3.62. The Balaban J connectivity index is 0. The Kier molecular flexibility index (Phi) is 13.9. The van der Waals surface area contributed by atoms with Gasteiger partial charge in [0.2, 0.25) is 0 Å². The molecule has 0 aromatic carbocycles. The number of hydrogen-bond donors (Lipinski definition) is 5. The molecule has 9 heteroatoms. The van der Waals surface area contributed by atoms with Gasteiger partial charge in [0.25, 0.3) is 0 Å². The van der Waals surface area contributed by atoms with E-state index in [0.29, 0.717) is 24.3 Å². The largest absolute Gasteiger partial charge is 0.478 e. The van der Waals surface area contributed by atoms with Crippen LogP contribution < -0.4 is 5.32 Å². The van der Waals surface area contributed by atoms with Crippen LogP contribution in [-0.4, -0.2) is 44.3 Å². The molecule has 1 aliphatic rings. The summed E-state index contributed by atoms with van der Waals surface area (Å²) in [5.74, 6) is -5.03. The van der Waals surface area contributed by atoms with Crippen molar-refractivity contribution in [3.05, 3.63) is 61.0 Å². The normalized spacial score (nSPS) is 11.5. The second kappa shape index (κ2) is 14.8. The molecule has 0 spiro atoms. The Labute approximate surface area is 130 Å². The van der Waals surface area contributed by atoms with E-state index < -0.39 is 23.9 Å². The Morgan fingerprint density at radius 3 is 1.04 bits per heavy atom. The molecule has 0 bridgehead atoms. The van der Waals surface area contributed by atoms with Crippen molar-refractivity contribution in [1.29, 1.82) is 0 Å². The number of rotatable bonds is 4. The highest BCUT2D eigenvalue weighted by atomic mass is 16.4. The molecule has 1 aliphatic heterocycles. The van der Waals surface area contributed by atoms with E-state index in [4.69, 9.17) is 20.4 Å². The van der Waals surface area contributed by atoms with Gasteiger partial charge in [-0.2, -0.15) is 0 Å². The maximum atomic E-state index is 9.55. The standard InChI is InChI=1S/C6H7N.2C4H4O4/c1-2-4-6-7-5-3-1;2*5-3(6)1-2-4(7)8/h1-7H;2*1-2H,(H,5,6)(H,7,8)/b;2*2-1-. The van der Waals surface area contributed by atoms with E-state index in [9.17, 15) is 19.2 Å². The lowest BCUT2D eigenvalue weighted by Gasteiger charge is -1.79. The van der Waals surface area contributed by atoms with Gasteiger partial charge in [-0.15, -0.1) is 0 Å². The van der Waals surface area contributed by atoms with E-state index in [0.717, 1.165) is 0 Å². The first kappa shape index (κ1) is 21.7. The molecule has 0 saturated carbocycles. The minimum atomic E-state index is -1.26. The second-order valence-corrected chi connectivity index (χ2v) is 3.29. The van der Waals surface area contributed by atoms with Crippen molar-refractivity contribution in [2.24, 2.45) is 0 Å². The Morgan fingerprint density at radius 2 is 0.826 bits per heavy atom. The fraction of sp³-hybridized carbons (Fsp3) is 0. The van der Waals surface area contributed by atoms with Crippen LogP contribution in [0.15, 0.2) is 61.0 Å². The number of carboxylic acids is 4. The molecule has 0 aromatic rings. The predicted octanol–water partition coefficient (Wildman–Crippen LogP) is 0.597. The maximum Gasteiger partial charge on any atom is 0.328 e. The van der Waals surface area contributed by atoms with Crippen LogP contribution in [0.5, 0.6) is 0 Å². The summed E-state index contributed by atoms with van der Waals surface area (Å²) >= 11 is 0. The third kappa shape index (κ3) is 27.5. The number of hydrogen-bond acceptors (Lipinski definition) is 5. The van der Waals surface area contributed by atoms with E-state index in [1.54, 1.807) is 0 Å². The van der Waals surface area contributed by atoms with Gasteiger partial charge in [-0.05, 0) is 12.2 Å². The molecular weight excluding hydrogens is 310 g/mol. The van der Waals surface area contributed by atoms with E-state index in [2.05, 4.69) is 5.32 Å². The fourth-order valence-corrected chi connectivity index (χ4v) is 0.691. The first-order valence-corrected chi connectivity index (χ1v) is 5.78. The fourth-order valence-electron chi connectivity index (χ4n) is 0.691. The molecular formula is C14H15NO8. The van der Waals surface area contributed by atoms with Crippen LogP contribution >= 0.6 is 0 Å². The molecule has 0 unspecified atom stereocenters. The van der Waals surface area contributed by atoms with Gasteiger partial charge in [0.15, 0.2) is 0 Å². The zero-order valence-electron chi connectivity index (χ0n) is 11.7. The highest BCUT2D eigenvalue weighted by Crippen LogP contribution is 1.81. The summed E-state index contributed by atoms with van der Waals surface area (Å²) in [5, 5.41) is 34.2. The quantitative estimate of drug-likeness (QED) is 0.466. The predicted molar refractivity (Wildman–Crippen MR) is 79.4 cm³/mol.